The van der Waals surface area contributed by atoms with Gasteiger partial charge in [0.05, 0.1) is 16.5 Å². The fourth-order valence-corrected chi connectivity index (χ4v) is 3.51. The van der Waals surface area contributed by atoms with Gasteiger partial charge in [0, 0.05) is 10.7 Å². The zero-order valence-electron chi connectivity index (χ0n) is 13.1. The van der Waals surface area contributed by atoms with Crippen molar-refractivity contribution in [1.82, 2.24) is 10.2 Å². The summed E-state index contributed by atoms with van der Waals surface area (Å²) >= 11 is 12.2. The summed E-state index contributed by atoms with van der Waals surface area (Å²) in [4.78, 5) is 11.4. The Kier molecular flexibility index (Phi) is 4.66. The number of aromatic amines is 1. The number of benzene rings is 1. The Balaban J connectivity index is 2.33. The highest BCUT2D eigenvalue weighted by atomic mass is 35.5. The highest BCUT2D eigenvalue weighted by Gasteiger charge is 2.37. The van der Waals surface area contributed by atoms with Crippen molar-refractivity contribution in [2.45, 2.75) is 25.7 Å². The molecule has 1 unspecified atom stereocenters. The number of H-pyrrole nitrogens is 1. The van der Waals surface area contributed by atoms with Gasteiger partial charge in [0.1, 0.15) is 17.3 Å². The van der Waals surface area contributed by atoms with Crippen LogP contribution in [0.4, 0.5) is 5.69 Å². The largest absolute Gasteiger partial charge is 0.420 e. The van der Waals surface area contributed by atoms with Gasteiger partial charge >= 0.3 is 0 Å². The number of hydrogen-bond donors (Lipinski definition) is 2. The maximum Gasteiger partial charge on any atom is 0.244 e. The lowest BCUT2D eigenvalue weighted by molar-refractivity contribution is 0.379. The molecule has 3 rings (SSSR count). The molecule has 2 heterocycles. The second kappa shape index (κ2) is 6.75. The van der Waals surface area contributed by atoms with Crippen molar-refractivity contribution in [1.29, 1.82) is 5.26 Å². The van der Waals surface area contributed by atoms with Crippen LogP contribution in [0.25, 0.3) is 0 Å². The fourth-order valence-electron chi connectivity index (χ4n) is 2.96. The Labute approximate surface area is 153 Å². The molecule has 128 valence electrons. The molecule has 1 aliphatic heterocycles. The summed E-state index contributed by atoms with van der Waals surface area (Å²) in [5.41, 5.74) is 7.85. The number of halogens is 2. The van der Waals surface area contributed by atoms with E-state index in [9.17, 15) is 10.2 Å². The average molecular weight is 378 g/mol. The number of ether oxygens (including phenoxy) is 1. The fraction of sp³-hybridized carbons (Fsp3) is 0.250. The number of fused-ring (bicyclic) bond motifs is 1. The van der Waals surface area contributed by atoms with Gasteiger partial charge in [-0.15, -0.1) is 10.0 Å². The normalized spacial score (nSPS) is 16.2. The number of nitroso groups, excluding NO2 is 1. The first-order valence-electron chi connectivity index (χ1n) is 7.48. The van der Waals surface area contributed by atoms with Gasteiger partial charge in [0.15, 0.2) is 0 Å². The van der Waals surface area contributed by atoms with Gasteiger partial charge in [-0.3, -0.25) is 5.10 Å². The van der Waals surface area contributed by atoms with Crippen LogP contribution < -0.4 is 10.5 Å². The summed E-state index contributed by atoms with van der Waals surface area (Å²) in [6, 6.07) is 5.03. The third kappa shape index (κ3) is 2.84. The van der Waals surface area contributed by atoms with E-state index in [0.29, 0.717) is 22.6 Å². The zero-order chi connectivity index (χ0) is 18.1. The van der Waals surface area contributed by atoms with E-state index in [1.165, 1.54) is 6.07 Å². The van der Waals surface area contributed by atoms with Gasteiger partial charge in [0.25, 0.3) is 0 Å². The second-order valence-electron chi connectivity index (χ2n) is 5.51. The minimum atomic E-state index is -0.696. The molecular weight excluding hydrogens is 365 g/mol. The molecule has 0 aliphatic carbocycles. The molecule has 3 N–H and O–H groups in total. The summed E-state index contributed by atoms with van der Waals surface area (Å²) in [5.74, 6) is -0.515. The van der Waals surface area contributed by atoms with Crippen molar-refractivity contribution < 1.29 is 4.74 Å². The molecule has 1 aromatic heterocycles. The number of nitrogens with zero attached hydrogens (tertiary/aromatic N) is 3. The van der Waals surface area contributed by atoms with E-state index in [2.05, 4.69) is 21.4 Å². The number of aromatic nitrogens is 2. The molecule has 0 radical (unpaired) electrons. The Morgan fingerprint density at radius 1 is 1.48 bits per heavy atom. The molecule has 0 saturated heterocycles. The summed E-state index contributed by atoms with van der Waals surface area (Å²) in [7, 11) is 0. The van der Waals surface area contributed by atoms with E-state index in [4.69, 9.17) is 33.7 Å². The van der Waals surface area contributed by atoms with Crippen LogP contribution in [-0.2, 0) is 6.42 Å². The number of aryl methyl sites for hydroxylation is 1. The predicted octanol–water partition coefficient (Wildman–Crippen LogP) is 4.29. The Morgan fingerprint density at radius 2 is 2.24 bits per heavy atom. The predicted molar refractivity (Wildman–Crippen MR) is 93.8 cm³/mol. The molecule has 2 aromatic rings. The highest BCUT2D eigenvalue weighted by molar-refractivity contribution is 6.36. The summed E-state index contributed by atoms with van der Waals surface area (Å²) in [6.45, 7) is 2.01. The van der Waals surface area contributed by atoms with E-state index < -0.39 is 5.92 Å². The second-order valence-corrected chi connectivity index (χ2v) is 6.36. The van der Waals surface area contributed by atoms with Crippen LogP contribution in [0.3, 0.4) is 0 Å². The van der Waals surface area contributed by atoms with Crippen molar-refractivity contribution in [3.05, 3.63) is 55.4 Å². The topological polar surface area (TPSA) is 117 Å². The van der Waals surface area contributed by atoms with Crippen molar-refractivity contribution >= 4 is 28.9 Å². The first-order chi connectivity index (χ1) is 12.0. The summed E-state index contributed by atoms with van der Waals surface area (Å²) in [5, 5.41) is 20.1. The lowest BCUT2D eigenvalue weighted by atomic mass is 9.82. The maximum atomic E-state index is 11.4. The third-order valence-corrected chi connectivity index (χ3v) is 4.48. The third-order valence-electron chi connectivity index (χ3n) is 3.98. The number of nitriles is 1. The van der Waals surface area contributed by atoms with Crippen LogP contribution in [0.5, 0.6) is 5.88 Å². The molecule has 1 aliphatic rings. The maximum absolute atomic E-state index is 11.4. The number of nitrogens with two attached hydrogens (primary N) is 1. The molecular formula is C16H13Cl2N5O2. The molecule has 7 nitrogen and oxygen atoms in total. The van der Waals surface area contributed by atoms with Gasteiger partial charge in [0.2, 0.25) is 11.8 Å². The van der Waals surface area contributed by atoms with Crippen molar-refractivity contribution in [2.24, 2.45) is 10.9 Å². The Hall–Kier alpha value is -2.56. The molecule has 0 spiro atoms. The smallest absolute Gasteiger partial charge is 0.244 e. The van der Waals surface area contributed by atoms with Gasteiger partial charge in [-0.25, -0.2) is 0 Å². The minimum Gasteiger partial charge on any atom is -0.420 e. The molecule has 9 heteroatoms. The first kappa shape index (κ1) is 17.3. The summed E-state index contributed by atoms with van der Waals surface area (Å²) in [6.07, 6.45) is 1.52. The number of allylic oxidation sites excluding steroid dienone is 1. The molecule has 0 fully saturated rings. The van der Waals surface area contributed by atoms with Crippen molar-refractivity contribution in [3.63, 3.8) is 0 Å². The SMILES string of the molecule is CCCc1[nH]nc2c1C(c1cc(Cl)cc(Cl)c1N=O)C(C#N)=C(N)O2. The van der Waals surface area contributed by atoms with Crippen molar-refractivity contribution in [3.8, 4) is 11.9 Å². The van der Waals surface area contributed by atoms with Crippen LogP contribution in [0.15, 0.2) is 28.8 Å². The van der Waals surface area contributed by atoms with E-state index in [0.717, 1.165) is 12.1 Å². The molecule has 0 amide bonds. The van der Waals surface area contributed by atoms with Gasteiger partial charge < -0.3 is 10.5 Å². The molecule has 0 saturated carbocycles. The first-order valence-corrected chi connectivity index (χ1v) is 8.24. The van der Waals surface area contributed by atoms with Gasteiger partial charge in [-0.05, 0) is 29.3 Å². The van der Waals surface area contributed by atoms with E-state index in [1.54, 1.807) is 6.07 Å². The van der Waals surface area contributed by atoms with Crippen LogP contribution in [-0.4, -0.2) is 10.2 Å². The number of nitrogens with one attached hydrogen (secondary N) is 1. The Bertz CT molecular complexity index is 929. The monoisotopic (exact) mass is 377 g/mol. The summed E-state index contributed by atoms with van der Waals surface area (Å²) < 4.78 is 5.47. The van der Waals surface area contributed by atoms with Crippen LogP contribution in [0, 0.1) is 16.2 Å². The van der Waals surface area contributed by atoms with Crippen LogP contribution in [0.1, 0.15) is 36.1 Å². The molecule has 1 atom stereocenters. The van der Waals surface area contributed by atoms with Crippen LogP contribution in [0.2, 0.25) is 10.0 Å². The lowest BCUT2D eigenvalue weighted by Gasteiger charge is -2.25. The van der Waals surface area contributed by atoms with Gasteiger partial charge in [-0.2, -0.15) is 5.26 Å². The molecule has 0 bridgehead atoms. The lowest BCUT2D eigenvalue weighted by Crippen LogP contribution is -2.21. The number of hydrogen-bond acceptors (Lipinski definition) is 6. The quantitative estimate of drug-likeness (QED) is 0.770. The average Bonchev–Trinajstić information content (AvgIpc) is 2.95. The van der Waals surface area contributed by atoms with Gasteiger partial charge in [-0.1, -0.05) is 36.5 Å². The molecule has 25 heavy (non-hydrogen) atoms. The number of rotatable bonds is 4. The van der Waals surface area contributed by atoms with E-state index in [-0.39, 0.29) is 28.0 Å². The van der Waals surface area contributed by atoms with Crippen LogP contribution >= 0.6 is 23.2 Å². The Morgan fingerprint density at radius 3 is 2.88 bits per heavy atom. The van der Waals surface area contributed by atoms with Crippen molar-refractivity contribution in [2.75, 3.05) is 0 Å². The van der Waals surface area contributed by atoms with E-state index >= 15 is 0 Å². The zero-order valence-corrected chi connectivity index (χ0v) is 14.6. The minimum absolute atomic E-state index is 0.00751. The molecule has 1 aromatic carbocycles. The van der Waals surface area contributed by atoms with E-state index in [1.807, 2.05) is 6.92 Å². The standard InChI is InChI=1S/C16H13Cl2N5O2/c1-2-3-11-13-12(8-4-7(17)5-10(18)14(8)23-24)9(6-19)15(20)25-16(13)22-21-11/h4-5,12H,2-3,20H2,1H3,(H,21,22). The highest BCUT2D eigenvalue weighted by Crippen LogP contribution is 2.48.